The Morgan fingerprint density at radius 2 is 2.57 bits per heavy atom. The van der Waals surface area contributed by atoms with E-state index in [1.165, 1.54) is 6.08 Å². The lowest BCUT2D eigenvalue weighted by Crippen LogP contribution is -2.22. The third-order valence-corrected chi connectivity index (χ3v) is 1.96. The Hall–Kier alpha value is -1.58. The first-order chi connectivity index (χ1) is 6.74. The summed E-state index contributed by atoms with van der Waals surface area (Å²) in [5.41, 5.74) is 2.01. The molecule has 1 heterocycles. The first-order valence-electron chi connectivity index (χ1n) is 4.54. The normalized spacial score (nSPS) is 9.79. The highest BCUT2D eigenvalue weighted by Crippen LogP contribution is 2.06. The zero-order valence-electron chi connectivity index (χ0n) is 8.25. The van der Waals surface area contributed by atoms with Gasteiger partial charge in [0.2, 0.25) is 5.91 Å². The van der Waals surface area contributed by atoms with Gasteiger partial charge in [-0.15, -0.1) is 0 Å². The summed E-state index contributed by atoms with van der Waals surface area (Å²) in [7, 11) is 0. The molecule has 0 aliphatic heterocycles. The zero-order chi connectivity index (χ0) is 10.4. The second kappa shape index (κ2) is 5.21. The minimum Gasteiger partial charge on any atom is -0.364 e. The predicted octanol–water partition coefficient (Wildman–Crippen LogP) is 1.22. The first kappa shape index (κ1) is 10.5. The van der Waals surface area contributed by atoms with Crippen LogP contribution < -0.4 is 5.32 Å². The van der Waals surface area contributed by atoms with E-state index in [2.05, 4.69) is 17.1 Å². The van der Waals surface area contributed by atoms with Gasteiger partial charge >= 0.3 is 0 Å². The number of aryl methyl sites for hydroxylation is 2. The number of amides is 1. The molecule has 1 aromatic heterocycles. The molecular formula is C10H14N2O2. The van der Waals surface area contributed by atoms with E-state index < -0.39 is 0 Å². The SMILES string of the molecule is C=CC(=O)NCCCc1conc1C. The summed E-state index contributed by atoms with van der Waals surface area (Å²) in [4.78, 5) is 10.8. The zero-order valence-corrected chi connectivity index (χ0v) is 8.25. The minimum absolute atomic E-state index is 0.132. The molecule has 0 atom stereocenters. The maximum absolute atomic E-state index is 10.8. The van der Waals surface area contributed by atoms with Crippen LogP contribution in [0.3, 0.4) is 0 Å². The van der Waals surface area contributed by atoms with Crippen LogP contribution in [0.1, 0.15) is 17.7 Å². The first-order valence-corrected chi connectivity index (χ1v) is 4.54. The summed E-state index contributed by atoms with van der Waals surface area (Å²) in [5.74, 6) is -0.132. The fourth-order valence-corrected chi connectivity index (χ4v) is 1.12. The van der Waals surface area contributed by atoms with Crippen LogP contribution >= 0.6 is 0 Å². The predicted molar refractivity (Wildman–Crippen MR) is 52.8 cm³/mol. The lowest BCUT2D eigenvalue weighted by atomic mass is 10.1. The lowest BCUT2D eigenvalue weighted by Gasteiger charge is -2.00. The van der Waals surface area contributed by atoms with Crippen LogP contribution in [-0.4, -0.2) is 17.6 Å². The fourth-order valence-electron chi connectivity index (χ4n) is 1.12. The summed E-state index contributed by atoms with van der Waals surface area (Å²) in [6.07, 6.45) is 4.66. The third-order valence-electron chi connectivity index (χ3n) is 1.96. The standard InChI is InChI=1S/C10H14N2O2/c1-3-10(13)11-6-4-5-9-7-14-12-8(9)2/h3,7H,1,4-6H2,2H3,(H,11,13). The van der Waals surface area contributed by atoms with Crippen molar-refractivity contribution in [3.05, 3.63) is 30.2 Å². The number of nitrogens with zero attached hydrogens (tertiary/aromatic N) is 1. The maximum Gasteiger partial charge on any atom is 0.243 e. The van der Waals surface area contributed by atoms with Gasteiger partial charge in [0.1, 0.15) is 6.26 Å². The van der Waals surface area contributed by atoms with Crippen molar-refractivity contribution in [3.63, 3.8) is 0 Å². The van der Waals surface area contributed by atoms with Gasteiger partial charge in [0.25, 0.3) is 0 Å². The molecule has 0 spiro atoms. The van der Waals surface area contributed by atoms with Gasteiger partial charge in [-0.1, -0.05) is 11.7 Å². The molecule has 0 radical (unpaired) electrons. The smallest absolute Gasteiger partial charge is 0.243 e. The second-order valence-electron chi connectivity index (χ2n) is 3.02. The Morgan fingerprint density at radius 3 is 3.14 bits per heavy atom. The third kappa shape index (κ3) is 3.05. The van der Waals surface area contributed by atoms with Crippen LogP contribution in [-0.2, 0) is 11.2 Å². The second-order valence-corrected chi connectivity index (χ2v) is 3.02. The van der Waals surface area contributed by atoms with Gasteiger partial charge in [-0.25, -0.2) is 0 Å². The number of nitrogens with one attached hydrogen (secondary N) is 1. The van der Waals surface area contributed by atoms with E-state index >= 15 is 0 Å². The molecular weight excluding hydrogens is 180 g/mol. The molecule has 0 unspecified atom stereocenters. The molecule has 14 heavy (non-hydrogen) atoms. The molecule has 1 amide bonds. The molecule has 0 saturated heterocycles. The maximum atomic E-state index is 10.8. The summed E-state index contributed by atoms with van der Waals surface area (Å²) < 4.78 is 4.79. The van der Waals surface area contributed by atoms with Crippen LogP contribution in [0.2, 0.25) is 0 Å². The molecule has 0 fully saturated rings. The molecule has 0 bridgehead atoms. The van der Waals surface area contributed by atoms with Crippen LogP contribution in [0.4, 0.5) is 0 Å². The minimum atomic E-state index is -0.132. The van der Waals surface area contributed by atoms with Crippen molar-refractivity contribution in [2.24, 2.45) is 0 Å². The van der Waals surface area contributed by atoms with Crippen LogP contribution in [0.25, 0.3) is 0 Å². The van der Waals surface area contributed by atoms with Crippen molar-refractivity contribution in [1.82, 2.24) is 10.5 Å². The van der Waals surface area contributed by atoms with Crippen molar-refractivity contribution in [3.8, 4) is 0 Å². The summed E-state index contributed by atoms with van der Waals surface area (Å²) in [6.45, 7) is 5.92. The van der Waals surface area contributed by atoms with Crippen molar-refractivity contribution in [1.29, 1.82) is 0 Å². The molecule has 1 aromatic rings. The average Bonchev–Trinajstić information content (AvgIpc) is 2.58. The Kier molecular flexibility index (Phi) is 3.91. The van der Waals surface area contributed by atoms with Gasteiger partial charge in [-0.2, -0.15) is 0 Å². The van der Waals surface area contributed by atoms with Crippen LogP contribution in [0, 0.1) is 6.92 Å². The Labute approximate surface area is 83.0 Å². The van der Waals surface area contributed by atoms with Gasteiger partial charge in [-0.3, -0.25) is 4.79 Å². The molecule has 4 nitrogen and oxygen atoms in total. The molecule has 0 saturated carbocycles. The Morgan fingerprint density at radius 1 is 1.79 bits per heavy atom. The topological polar surface area (TPSA) is 55.1 Å². The van der Waals surface area contributed by atoms with Gasteiger partial charge in [0, 0.05) is 12.1 Å². The van der Waals surface area contributed by atoms with Crippen molar-refractivity contribution < 1.29 is 9.32 Å². The molecule has 1 rings (SSSR count). The number of carbonyl (C=O) groups excluding carboxylic acids is 1. The van der Waals surface area contributed by atoms with E-state index in [0.29, 0.717) is 6.54 Å². The number of carbonyl (C=O) groups is 1. The largest absolute Gasteiger partial charge is 0.364 e. The molecule has 0 aromatic carbocycles. The van der Waals surface area contributed by atoms with Gasteiger partial charge < -0.3 is 9.84 Å². The number of hydrogen-bond acceptors (Lipinski definition) is 3. The molecule has 0 aliphatic rings. The Balaban J connectivity index is 2.19. The van der Waals surface area contributed by atoms with Crippen molar-refractivity contribution in [2.45, 2.75) is 19.8 Å². The van der Waals surface area contributed by atoms with Crippen LogP contribution in [0.15, 0.2) is 23.4 Å². The number of rotatable bonds is 5. The van der Waals surface area contributed by atoms with E-state index in [9.17, 15) is 4.79 Å². The Bertz CT molecular complexity index is 318. The van der Waals surface area contributed by atoms with Gasteiger partial charge in [-0.05, 0) is 25.8 Å². The van der Waals surface area contributed by atoms with Crippen LogP contribution in [0.5, 0.6) is 0 Å². The lowest BCUT2D eigenvalue weighted by molar-refractivity contribution is -0.116. The average molecular weight is 194 g/mol. The van der Waals surface area contributed by atoms with Gasteiger partial charge in [0.15, 0.2) is 0 Å². The van der Waals surface area contributed by atoms with Crippen molar-refractivity contribution >= 4 is 5.91 Å². The fraction of sp³-hybridized carbons (Fsp3) is 0.400. The van der Waals surface area contributed by atoms with E-state index in [1.54, 1.807) is 6.26 Å². The highest BCUT2D eigenvalue weighted by molar-refractivity contribution is 5.86. The van der Waals surface area contributed by atoms with E-state index in [0.717, 1.165) is 24.1 Å². The van der Waals surface area contributed by atoms with E-state index in [-0.39, 0.29) is 5.91 Å². The highest BCUT2D eigenvalue weighted by atomic mass is 16.5. The van der Waals surface area contributed by atoms with E-state index in [1.807, 2.05) is 6.92 Å². The quantitative estimate of drug-likeness (QED) is 0.566. The summed E-state index contributed by atoms with van der Waals surface area (Å²) in [6, 6.07) is 0. The molecule has 76 valence electrons. The highest BCUT2D eigenvalue weighted by Gasteiger charge is 2.01. The molecule has 0 aliphatic carbocycles. The summed E-state index contributed by atoms with van der Waals surface area (Å²) in [5, 5.41) is 6.47. The van der Waals surface area contributed by atoms with Crippen molar-refractivity contribution in [2.75, 3.05) is 6.54 Å². The number of hydrogen-bond donors (Lipinski definition) is 1. The van der Waals surface area contributed by atoms with Gasteiger partial charge in [0.05, 0.1) is 5.69 Å². The van der Waals surface area contributed by atoms with E-state index in [4.69, 9.17) is 4.52 Å². The molecule has 4 heteroatoms. The number of aromatic nitrogens is 1. The summed E-state index contributed by atoms with van der Waals surface area (Å²) >= 11 is 0. The molecule has 1 N–H and O–H groups in total. The monoisotopic (exact) mass is 194 g/mol.